The number of anilines is 1. The molecule has 4 N–H and O–H groups in total. The van der Waals surface area contributed by atoms with Gasteiger partial charge in [0.1, 0.15) is 11.5 Å². The molecule has 1 aromatic heterocycles. The number of methoxy groups -OCH3 is 1. The Morgan fingerprint density at radius 3 is 2.85 bits per heavy atom. The van der Waals surface area contributed by atoms with E-state index in [9.17, 15) is 4.79 Å². The molecule has 0 fully saturated rings. The van der Waals surface area contributed by atoms with Gasteiger partial charge < -0.3 is 30.5 Å². The molecule has 12 nitrogen and oxygen atoms in total. The van der Waals surface area contributed by atoms with Gasteiger partial charge in [0.05, 0.1) is 26.9 Å². The number of aromatic nitrogens is 2. The van der Waals surface area contributed by atoms with Crippen molar-refractivity contribution in [1.29, 1.82) is 0 Å². The van der Waals surface area contributed by atoms with E-state index in [4.69, 9.17) is 25.3 Å². The third-order valence-electron chi connectivity index (χ3n) is 5.41. The van der Waals surface area contributed by atoms with Crippen LogP contribution in [-0.4, -0.2) is 89.6 Å². The molecular formula is C22H28N8O4. The lowest BCUT2D eigenvalue weighted by Crippen LogP contribution is -2.45. The predicted octanol–water partition coefficient (Wildman–Crippen LogP) is 0.140. The molecule has 1 amide bonds. The molecule has 2 aromatic rings. The van der Waals surface area contributed by atoms with Crippen molar-refractivity contribution in [3.8, 4) is 11.5 Å². The Morgan fingerprint density at radius 2 is 2.12 bits per heavy atom. The first-order valence-electron chi connectivity index (χ1n) is 11.0. The van der Waals surface area contributed by atoms with Crippen LogP contribution in [0.2, 0.25) is 0 Å². The summed E-state index contributed by atoms with van der Waals surface area (Å²) >= 11 is 0. The highest BCUT2D eigenvalue weighted by atomic mass is 16.5. The molecule has 0 saturated heterocycles. The summed E-state index contributed by atoms with van der Waals surface area (Å²) in [5, 5.41) is 12.3. The summed E-state index contributed by atoms with van der Waals surface area (Å²) in [7, 11) is 1.58. The molecule has 2 aliphatic rings. The number of nitrogens with one attached hydrogen (secondary N) is 1. The summed E-state index contributed by atoms with van der Waals surface area (Å²) in [6.45, 7) is 2.96. The number of benzene rings is 1. The average Bonchev–Trinajstić information content (AvgIpc) is 3.35. The number of amidine groups is 1. The van der Waals surface area contributed by atoms with Crippen LogP contribution in [0, 0.1) is 0 Å². The lowest BCUT2D eigenvalue weighted by Gasteiger charge is -2.29. The Hall–Kier alpha value is -3.93. The number of guanidine groups is 1. The number of aliphatic imine (C=N–C) groups is 2. The molecule has 0 spiro atoms. The number of carbonyl (C=O) groups excluding carboxylic acids is 1. The van der Waals surface area contributed by atoms with E-state index in [1.165, 1.54) is 4.90 Å². The SMILES string of the molecule is COc1c(OCCCN(C=O)CCO)ccc2c1N=C(NCc1cnc(N)nc1)N1CCN=C21. The van der Waals surface area contributed by atoms with Gasteiger partial charge in [-0.3, -0.25) is 14.7 Å². The maximum atomic E-state index is 11.0. The minimum atomic E-state index is -0.0706. The standard InChI is InChI=1S/C22H28N8O4/c1-33-19-17(34-10-2-6-29(14-32)8-9-31)4-3-16-18(19)28-22(30-7-5-24-20(16)30)27-13-15-11-25-21(23)26-12-15/h3-4,11-12,14,31H,2,5-10,13H2,1H3,(H,27,28)(H2,23,25,26). The van der Waals surface area contributed by atoms with E-state index in [0.717, 1.165) is 29.9 Å². The van der Waals surface area contributed by atoms with Crippen LogP contribution in [0.5, 0.6) is 11.5 Å². The zero-order valence-electron chi connectivity index (χ0n) is 19.0. The number of aliphatic hydroxyl groups excluding tert-OH is 1. The Kier molecular flexibility index (Phi) is 7.38. The molecule has 4 rings (SSSR count). The fraction of sp³-hybridized carbons (Fsp3) is 0.409. The molecule has 0 aliphatic carbocycles. The van der Waals surface area contributed by atoms with E-state index in [2.05, 4.69) is 20.3 Å². The van der Waals surface area contributed by atoms with Crippen LogP contribution in [0.3, 0.4) is 0 Å². The lowest BCUT2D eigenvalue weighted by atomic mass is 10.1. The normalized spacial score (nSPS) is 14.0. The molecule has 34 heavy (non-hydrogen) atoms. The number of fused-ring (bicyclic) bond motifs is 3. The Morgan fingerprint density at radius 1 is 1.29 bits per heavy atom. The molecule has 0 unspecified atom stereocenters. The first-order valence-corrected chi connectivity index (χ1v) is 11.0. The van der Waals surface area contributed by atoms with Gasteiger partial charge in [-0.1, -0.05) is 0 Å². The molecule has 180 valence electrons. The molecular weight excluding hydrogens is 440 g/mol. The minimum absolute atomic E-state index is 0.0706. The van der Waals surface area contributed by atoms with E-state index >= 15 is 0 Å². The highest BCUT2D eigenvalue weighted by Gasteiger charge is 2.32. The summed E-state index contributed by atoms with van der Waals surface area (Å²) in [6.07, 6.45) is 4.68. The molecule has 3 heterocycles. The fourth-order valence-corrected chi connectivity index (χ4v) is 3.77. The minimum Gasteiger partial charge on any atom is -0.491 e. The smallest absolute Gasteiger partial charge is 0.219 e. The zero-order chi connectivity index (χ0) is 23.9. The van der Waals surface area contributed by atoms with Crippen molar-refractivity contribution in [3.05, 3.63) is 35.7 Å². The summed E-state index contributed by atoms with van der Waals surface area (Å²) in [4.78, 5) is 32.1. The maximum absolute atomic E-state index is 11.0. The quantitative estimate of drug-likeness (QED) is 0.309. The average molecular weight is 469 g/mol. The van der Waals surface area contributed by atoms with Crippen LogP contribution >= 0.6 is 0 Å². The van der Waals surface area contributed by atoms with E-state index in [1.54, 1.807) is 19.5 Å². The number of carbonyl (C=O) groups is 1. The topological polar surface area (TPSA) is 151 Å². The third-order valence-corrected chi connectivity index (χ3v) is 5.41. The van der Waals surface area contributed by atoms with Crippen LogP contribution in [0.15, 0.2) is 34.5 Å². The van der Waals surface area contributed by atoms with Crippen molar-refractivity contribution >= 4 is 29.8 Å². The second kappa shape index (κ2) is 10.8. The first-order chi connectivity index (χ1) is 16.6. The summed E-state index contributed by atoms with van der Waals surface area (Å²) in [5.74, 6) is 2.79. The number of rotatable bonds is 11. The molecule has 0 bridgehead atoms. The van der Waals surface area contributed by atoms with Crippen molar-refractivity contribution in [3.63, 3.8) is 0 Å². The highest BCUT2D eigenvalue weighted by molar-refractivity contribution is 6.16. The number of nitrogens with zero attached hydrogens (tertiary/aromatic N) is 6. The van der Waals surface area contributed by atoms with Crippen molar-refractivity contribution in [2.24, 2.45) is 9.98 Å². The molecule has 12 heteroatoms. The number of aliphatic hydroxyl groups is 1. The Labute approximate surface area is 197 Å². The summed E-state index contributed by atoms with van der Waals surface area (Å²) in [6, 6.07) is 3.78. The van der Waals surface area contributed by atoms with Gasteiger partial charge in [0.2, 0.25) is 18.3 Å². The fourth-order valence-electron chi connectivity index (χ4n) is 3.77. The van der Waals surface area contributed by atoms with Crippen LogP contribution in [0.4, 0.5) is 11.6 Å². The van der Waals surface area contributed by atoms with E-state index in [-0.39, 0.29) is 12.6 Å². The number of hydrogen-bond donors (Lipinski definition) is 3. The van der Waals surface area contributed by atoms with Crippen molar-refractivity contribution in [2.45, 2.75) is 13.0 Å². The largest absolute Gasteiger partial charge is 0.491 e. The first kappa shape index (κ1) is 23.2. The molecule has 0 atom stereocenters. The van der Waals surface area contributed by atoms with Crippen LogP contribution < -0.4 is 20.5 Å². The van der Waals surface area contributed by atoms with E-state index in [1.807, 2.05) is 17.0 Å². The zero-order valence-corrected chi connectivity index (χ0v) is 19.0. The van der Waals surface area contributed by atoms with Gasteiger partial charge in [0.25, 0.3) is 0 Å². The third kappa shape index (κ3) is 5.01. The van der Waals surface area contributed by atoms with Gasteiger partial charge in [0, 0.05) is 49.7 Å². The predicted molar refractivity (Wildman–Crippen MR) is 126 cm³/mol. The van der Waals surface area contributed by atoms with Crippen LogP contribution in [0.1, 0.15) is 17.5 Å². The van der Waals surface area contributed by atoms with Gasteiger partial charge in [-0.25, -0.2) is 15.0 Å². The molecule has 0 radical (unpaired) electrons. The highest BCUT2D eigenvalue weighted by Crippen LogP contribution is 2.43. The van der Waals surface area contributed by atoms with Crippen molar-refractivity contribution < 1.29 is 19.4 Å². The number of hydrogen-bond acceptors (Lipinski definition) is 11. The van der Waals surface area contributed by atoms with E-state index < -0.39 is 0 Å². The number of nitrogens with two attached hydrogens (primary N) is 1. The molecule has 1 aromatic carbocycles. The number of amides is 1. The van der Waals surface area contributed by atoms with Gasteiger partial charge in [-0.15, -0.1) is 0 Å². The van der Waals surface area contributed by atoms with Gasteiger partial charge in [0.15, 0.2) is 11.5 Å². The van der Waals surface area contributed by atoms with Crippen molar-refractivity contribution in [2.75, 3.05) is 52.2 Å². The van der Waals surface area contributed by atoms with E-state index in [0.29, 0.717) is 62.4 Å². The van der Waals surface area contributed by atoms with Gasteiger partial charge in [-0.2, -0.15) is 0 Å². The summed E-state index contributed by atoms with van der Waals surface area (Å²) < 4.78 is 11.6. The summed E-state index contributed by atoms with van der Waals surface area (Å²) in [5.41, 5.74) is 7.95. The number of nitrogen functional groups attached to an aromatic ring is 1. The van der Waals surface area contributed by atoms with Gasteiger partial charge in [-0.05, 0) is 18.6 Å². The van der Waals surface area contributed by atoms with Crippen LogP contribution in [0.25, 0.3) is 0 Å². The monoisotopic (exact) mass is 468 g/mol. The Bertz CT molecular complexity index is 1070. The number of ether oxygens (including phenoxy) is 2. The molecule has 0 saturated carbocycles. The second-order valence-corrected chi connectivity index (χ2v) is 7.66. The van der Waals surface area contributed by atoms with Gasteiger partial charge >= 0.3 is 0 Å². The maximum Gasteiger partial charge on any atom is 0.219 e. The van der Waals surface area contributed by atoms with Crippen LogP contribution in [-0.2, 0) is 11.3 Å². The molecule has 2 aliphatic heterocycles. The lowest BCUT2D eigenvalue weighted by molar-refractivity contribution is -0.118. The van der Waals surface area contributed by atoms with Crippen molar-refractivity contribution in [1.82, 2.24) is 25.1 Å². The Balaban J connectivity index is 1.52. The second-order valence-electron chi connectivity index (χ2n) is 7.66.